The summed E-state index contributed by atoms with van der Waals surface area (Å²) >= 11 is 1.89. The van der Waals surface area contributed by atoms with Gasteiger partial charge < -0.3 is 15.0 Å². The summed E-state index contributed by atoms with van der Waals surface area (Å²) in [5.74, 6) is 0.954. The molecule has 0 aliphatic carbocycles. The molecule has 1 fully saturated rings. The number of hydrogen-bond donors (Lipinski definition) is 1. The molecule has 0 aromatic carbocycles. The molecule has 0 radical (unpaired) electrons. The van der Waals surface area contributed by atoms with Gasteiger partial charge in [-0.3, -0.25) is 9.89 Å². The number of morpholine rings is 1. The minimum absolute atomic E-state index is 0.362. The van der Waals surface area contributed by atoms with Crippen molar-refractivity contribution < 1.29 is 4.74 Å². The van der Waals surface area contributed by atoms with E-state index in [4.69, 9.17) is 4.74 Å². The number of aryl methyl sites for hydroxylation is 1. The number of unbranched alkanes of at least 4 members (excludes halogenated alkanes) is 1. The Kier molecular flexibility index (Phi) is 8.44. The van der Waals surface area contributed by atoms with Crippen molar-refractivity contribution in [1.29, 1.82) is 0 Å². The number of guanidine groups is 1. The molecule has 5 nitrogen and oxygen atoms in total. The molecule has 1 aromatic rings. The molecular weight excluding hydrogens is 332 g/mol. The van der Waals surface area contributed by atoms with Crippen molar-refractivity contribution in [3.63, 3.8) is 0 Å². The Morgan fingerprint density at radius 3 is 2.84 bits per heavy atom. The normalized spacial score (nSPS) is 17.3. The Morgan fingerprint density at radius 2 is 2.24 bits per heavy atom. The lowest BCUT2D eigenvalue weighted by atomic mass is 10.2. The molecular formula is C19H32N4OS. The number of nitrogens with one attached hydrogen (secondary N) is 1. The van der Waals surface area contributed by atoms with Crippen LogP contribution in [0.1, 0.15) is 28.6 Å². The lowest BCUT2D eigenvalue weighted by Gasteiger charge is -2.35. The highest BCUT2D eigenvalue weighted by atomic mass is 32.1. The molecule has 1 aliphatic heterocycles. The first-order chi connectivity index (χ1) is 12.2. The van der Waals surface area contributed by atoms with Crippen molar-refractivity contribution in [3.8, 4) is 0 Å². The highest BCUT2D eigenvalue weighted by molar-refractivity contribution is 7.12. The molecule has 25 heavy (non-hydrogen) atoms. The zero-order chi connectivity index (χ0) is 18.1. The minimum Gasteiger partial charge on any atom is -0.379 e. The maximum absolute atomic E-state index is 5.53. The fraction of sp³-hybridized carbons (Fsp3) is 0.632. The first-order valence-electron chi connectivity index (χ1n) is 9.06. The van der Waals surface area contributed by atoms with Crippen molar-refractivity contribution in [2.24, 2.45) is 4.99 Å². The Morgan fingerprint density at radius 1 is 1.48 bits per heavy atom. The number of ether oxygens (including phenoxy) is 1. The second kappa shape index (κ2) is 10.6. The van der Waals surface area contributed by atoms with Crippen molar-refractivity contribution in [3.05, 3.63) is 34.5 Å². The van der Waals surface area contributed by atoms with E-state index in [1.54, 1.807) is 0 Å². The first-order valence-corrected chi connectivity index (χ1v) is 9.88. The summed E-state index contributed by atoms with van der Waals surface area (Å²) in [6, 6.07) is 4.84. The van der Waals surface area contributed by atoms with Crippen molar-refractivity contribution in [2.45, 2.75) is 25.8 Å². The molecule has 6 heteroatoms. The predicted molar refractivity (Wildman–Crippen MR) is 108 cm³/mol. The summed E-state index contributed by atoms with van der Waals surface area (Å²) in [6.07, 6.45) is 4.10. The van der Waals surface area contributed by atoms with E-state index in [0.717, 1.165) is 58.2 Å². The molecule has 0 bridgehead atoms. The van der Waals surface area contributed by atoms with E-state index in [9.17, 15) is 0 Å². The molecule has 1 atom stereocenters. The lowest BCUT2D eigenvalue weighted by Crippen LogP contribution is -2.46. The topological polar surface area (TPSA) is 40.1 Å². The van der Waals surface area contributed by atoms with Gasteiger partial charge >= 0.3 is 0 Å². The maximum Gasteiger partial charge on any atom is 0.193 e. The molecule has 0 spiro atoms. The monoisotopic (exact) mass is 364 g/mol. The van der Waals surface area contributed by atoms with Gasteiger partial charge in [-0.05, 0) is 31.9 Å². The average molecular weight is 365 g/mol. The highest BCUT2D eigenvalue weighted by Crippen LogP contribution is 2.27. The predicted octanol–water partition coefficient (Wildman–Crippen LogP) is 2.90. The molecule has 1 N–H and O–H groups in total. The van der Waals surface area contributed by atoms with Crippen LogP contribution in [0.25, 0.3) is 0 Å². The summed E-state index contributed by atoms with van der Waals surface area (Å²) < 4.78 is 5.53. The Balaban J connectivity index is 1.99. The first kappa shape index (κ1) is 19.9. The van der Waals surface area contributed by atoms with Crippen LogP contribution in [-0.2, 0) is 4.74 Å². The van der Waals surface area contributed by atoms with E-state index >= 15 is 0 Å². The molecule has 2 rings (SSSR count). The van der Waals surface area contributed by atoms with Crippen LogP contribution in [0.4, 0.5) is 0 Å². The molecule has 1 saturated heterocycles. The lowest BCUT2D eigenvalue weighted by molar-refractivity contribution is 0.0176. The van der Waals surface area contributed by atoms with Gasteiger partial charge in [0.1, 0.15) is 0 Å². The number of thiophene rings is 1. The van der Waals surface area contributed by atoms with Gasteiger partial charge in [-0.15, -0.1) is 17.9 Å². The largest absolute Gasteiger partial charge is 0.379 e. The molecule has 140 valence electrons. The summed E-state index contributed by atoms with van der Waals surface area (Å²) in [5.41, 5.74) is 0. The smallest absolute Gasteiger partial charge is 0.193 e. The zero-order valence-electron chi connectivity index (χ0n) is 15.8. The Labute approximate surface area is 156 Å². The quantitative estimate of drug-likeness (QED) is 0.333. The van der Waals surface area contributed by atoms with E-state index < -0.39 is 0 Å². The summed E-state index contributed by atoms with van der Waals surface area (Å²) in [4.78, 5) is 11.9. The Hall–Kier alpha value is -1.37. The van der Waals surface area contributed by atoms with Crippen molar-refractivity contribution in [2.75, 3.05) is 53.5 Å². The van der Waals surface area contributed by atoms with E-state index in [2.05, 4.69) is 52.8 Å². The van der Waals surface area contributed by atoms with Crippen LogP contribution >= 0.6 is 11.3 Å². The van der Waals surface area contributed by atoms with Crippen LogP contribution in [0, 0.1) is 6.92 Å². The summed E-state index contributed by atoms with van der Waals surface area (Å²) in [5, 5.41) is 3.58. The van der Waals surface area contributed by atoms with Gasteiger partial charge in [0.25, 0.3) is 0 Å². The van der Waals surface area contributed by atoms with Crippen molar-refractivity contribution >= 4 is 17.3 Å². The van der Waals surface area contributed by atoms with Gasteiger partial charge in [0.15, 0.2) is 5.96 Å². The molecule has 1 aliphatic rings. The number of nitrogens with zero attached hydrogens (tertiary/aromatic N) is 3. The van der Waals surface area contributed by atoms with Crippen LogP contribution in [0.5, 0.6) is 0 Å². The fourth-order valence-electron chi connectivity index (χ4n) is 3.08. The number of rotatable bonds is 8. The van der Waals surface area contributed by atoms with Gasteiger partial charge in [-0.1, -0.05) is 6.08 Å². The number of hydrogen-bond acceptors (Lipinski definition) is 4. The number of aliphatic imine (C=N–C) groups is 1. The van der Waals surface area contributed by atoms with Gasteiger partial charge in [0.05, 0.1) is 19.3 Å². The second-order valence-electron chi connectivity index (χ2n) is 6.39. The van der Waals surface area contributed by atoms with E-state index in [1.165, 1.54) is 9.75 Å². The summed E-state index contributed by atoms with van der Waals surface area (Å²) in [7, 11) is 3.95. The minimum atomic E-state index is 0.362. The highest BCUT2D eigenvalue weighted by Gasteiger charge is 2.24. The zero-order valence-corrected chi connectivity index (χ0v) is 16.6. The fourth-order valence-corrected chi connectivity index (χ4v) is 4.10. The van der Waals surface area contributed by atoms with Crippen LogP contribution in [0.15, 0.2) is 29.8 Å². The summed E-state index contributed by atoms with van der Waals surface area (Å²) in [6.45, 7) is 11.4. The SMILES string of the molecule is C=CCCCN(C)C(=NC)NCC(c1ccc(C)s1)N1CCOCC1. The maximum atomic E-state index is 5.53. The molecule has 2 heterocycles. The Bertz CT molecular complexity index is 551. The third-order valence-electron chi connectivity index (χ3n) is 4.50. The van der Waals surface area contributed by atoms with Crippen LogP contribution < -0.4 is 5.32 Å². The second-order valence-corrected chi connectivity index (χ2v) is 7.71. The van der Waals surface area contributed by atoms with E-state index in [1.807, 2.05) is 24.5 Å². The average Bonchev–Trinajstić information content (AvgIpc) is 3.05. The third kappa shape index (κ3) is 6.13. The van der Waals surface area contributed by atoms with Crippen LogP contribution in [-0.4, -0.2) is 69.2 Å². The van der Waals surface area contributed by atoms with Gasteiger partial charge in [0.2, 0.25) is 0 Å². The van der Waals surface area contributed by atoms with Gasteiger partial charge in [-0.25, -0.2) is 0 Å². The molecule has 0 amide bonds. The van der Waals surface area contributed by atoms with Gasteiger partial charge in [0, 0.05) is 50.0 Å². The van der Waals surface area contributed by atoms with Crippen molar-refractivity contribution in [1.82, 2.24) is 15.1 Å². The molecule has 0 saturated carbocycles. The van der Waals surface area contributed by atoms with Gasteiger partial charge in [-0.2, -0.15) is 0 Å². The van der Waals surface area contributed by atoms with E-state index in [-0.39, 0.29) is 0 Å². The van der Waals surface area contributed by atoms with E-state index in [0.29, 0.717) is 6.04 Å². The molecule has 1 aromatic heterocycles. The van der Waals surface area contributed by atoms with Crippen LogP contribution in [0.2, 0.25) is 0 Å². The van der Waals surface area contributed by atoms with Crippen LogP contribution in [0.3, 0.4) is 0 Å². The number of allylic oxidation sites excluding steroid dienone is 1. The molecule has 1 unspecified atom stereocenters. The standard InChI is InChI=1S/C19H32N4OS/c1-5-6-7-10-22(4)19(20-3)21-15-17(18-9-8-16(2)25-18)23-11-13-24-14-12-23/h5,8-9,17H,1,6-7,10-15H2,2-4H3,(H,20,21). The third-order valence-corrected chi connectivity index (χ3v) is 5.61.